The zero-order chi connectivity index (χ0) is 28.4. The molecule has 0 fully saturated rings. The molecule has 4 nitrogen and oxygen atoms in total. The van der Waals surface area contributed by atoms with Crippen LogP contribution in [0.2, 0.25) is 0 Å². The third-order valence-corrected chi connectivity index (χ3v) is 6.20. The molecule has 42 heavy (non-hydrogen) atoms. The van der Waals surface area contributed by atoms with Gasteiger partial charge < -0.3 is 0 Å². The van der Waals surface area contributed by atoms with E-state index in [2.05, 4.69) is 55.5 Å². The van der Waals surface area contributed by atoms with Gasteiger partial charge in [-0.2, -0.15) is 0 Å². The van der Waals surface area contributed by atoms with E-state index in [1.54, 1.807) is 24.8 Å². The van der Waals surface area contributed by atoms with Crippen molar-refractivity contribution in [1.82, 2.24) is 19.9 Å². The van der Waals surface area contributed by atoms with Gasteiger partial charge in [0.2, 0.25) is 0 Å². The Kier molecular flexibility index (Phi) is 7.86. The van der Waals surface area contributed by atoms with E-state index in [1.165, 1.54) is 0 Å². The second-order valence-corrected chi connectivity index (χ2v) is 9.19. The average Bonchev–Trinajstić information content (AvgIpc) is 3.07. The third kappa shape index (κ3) is 6.83. The zero-order valence-electron chi connectivity index (χ0n) is 22.5. The summed E-state index contributed by atoms with van der Waals surface area (Å²) in [5.41, 5.74) is 8.71. The molecule has 4 heteroatoms. The molecule has 6 aromatic rings. The van der Waals surface area contributed by atoms with Crippen LogP contribution in [0.3, 0.4) is 0 Å². The minimum Gasteiger partial charge on any atom is -0.255 e. The lowest BCUT2D eigenvalue weighted by atomic mass is 10.1. The molecular weight excluding hydrogens is 512 g/mol. The molecule has 0 N–H and O–H groups in total. The van der Waals surface area contributed by atoms with Crippen LogP contribution >= 0.6 is 0 Å². The Morgan fingerprint density at radius 2 is 0.619 bits per heavy atom. The van der Waals surface area contributed by atoms with Crippen molar-refractivity contribution < 1.29 is 0 Å². The topological polar surface area (TPSA) is 51.6 Å². The van der Waals surface area contributed by atoms with Gasteiger partial charge >= 0.3 is 0 Å². The molecule has 0 spiro atoms. The van der Waals surface area contributed by atoms with Crippen LogP contribution in [0.1, 0.15) is 33.4 Å². The van der Waals surface area contributed by atoms with E-state index in [0.29, 0.717) is 0 Å². The smallest absolute Gasteiger partial charge is 0.0898 e. The van der Waals surface area contributed by atoms with Gasteiger partial charge in [-0.1, -0.05) is 47.7 Å². The summed E-state index contributed by atoms with van der Waals surface area (Å²) in [5, 5.41) is 0. The predicted molar refractivity (Wildman–Crippen MR) is 166 cm³/mol. The third-order valence-electron chi connectivity index (χ3n) is 6.20. The lowest BCUT2D eigenvalue weighted by Gasteiger charge is -1.99. The Bertz CT molecular complexity index is 1870. The zero-order valence-corrected chi connectivity index (χ0v) is 22.5. The molecule has 0 saturated carbocycles. The van der Waals surface area contributed by atoms with Crippen molar-refractivity contribution in [3.8, 4) is 58.3 Å². The van der Waals surface area contributed by atoms with E-state index in [0.717, 1.165) is 56.2 Å². The van der Waals surface area contributed by atoms with Crippen LogP contribution in [0.5, 0.6) is 0 Å². The Balaban J connectivity index is 1.09. The van der Waals surface area contributed by atoms with Crippen LogP contribution in [0.15, 0.2) is 134 Å². The maximum absolute atomic E-state index is 4.40. The van der Waals surface area contributed by atoms with Gasteiger partial charge in [-0.25, -0.2) is 0 Å². The molecule has 0 saturated heterocycles. The highest BCUT2D eigenvalue weighted by Gasteiger charge is 2.01. The van der Waals surface area contributed by atoms with Gasteiger partial charge in [-0.05, 0) is 97.1 Å². The van der Waals surface area contributed by atoms with Crippen LogP contribution in [0.4, 0.5) is 0 Å². The molecule has 194 valence electrons. The number of benzene rings is 2. The normalized spacial score (nSPS) is 9.81. The maximum Gasteiger partial charge on any atom is 0.0898 e. The van der Waals surface area contributed by atoms with E-state index in [1.807, 2.05) is 109 Å². The number of hydrogen-bond donors (Lipinski definition) is 0. The fourth-order valence-corrected chi connectivity index (χ4v) is 4.03. The molecule has 0 amide bonds. The van der Waals surface area contributed by atoms with E-state index in [9.17, 15) is 0 Å². The molecule has 0 bridgehead atoms. The van der Waals surface area contributed by atoms with E-state index in [4.69, 9.17) is 0 Å². The summed E-state index contributed by atoms with van der Waals surface area (Å²) in [5.74, 6) is 19.3. The molecule has 2 aromatic carbocycles. The highest BCUT2D eigenvalue weighted by Crippen LogP contribution is 2.15. The minimum absolute atomic E-state index is 0.803. The van der Waals surface area contributed by atoms with E-state index in [-0.39, 0.29) is 0 Å². The van der Waals surface area contributed by atoms with E-state index >= 15 is 0 Å². The number of nitrogens with zero attached hydrogens (tertiary/aromatic N) is 4. The predicted octanol–water partition coefficient (Wildman–Crippen LogP) is 6.80. The van der Waals surface area contributed by atoms with Gasteiger partial charge in [0.05, 0.1) is 22.8 Å². The maximum atomic E-state index is 4.40. The minimum atomic E-state index is 0.803. The lowest BCUT2D eigenvalue weighted by Crippen LogP contribution is -1.87. The van der Waals surface area contributed by atoms with Crippen LogP contribution in [-0.4, -0.2) is 19.9 Å². The molecule has 4 heterocycles. The summed E-state index contributed by atoms with van der Waals surface area (Å²) in [6.07, 6.45) is 7.03. The molecule has 0 radical (unpaired) electrons. The fourth-order valence-electron chi connectivity index (χ4n) is 4.03. The van der Waals surface area contributed by atoms with Crippen LogP contribution < -0.4 is 0 Å². The Labute approximate surface area is 245 Å². The fraction of sp³-hybridized carbons (Fsp3) is 0. The van der Waals surface area contributed by atoms with Gasteiger partial charge in [0, 0.05) is 58.2 Å². The van der Waals surface area contributed by atoms with Crippen molar-refractivity contribution >= 4 is 0 Å². The Hall–Kier alpha value is -6.28. The molecule has 0 atom stereocenters. The molecular formula is C38H22N4. The first-order chi connectivity index (χ1) is 20.8. The van der Waals surface area contributed by atoms with Gasteiger partial charge in [0.1, 0.15) is 0 Å². The van der Waals surface area contributed by atoms with E-state index < -0.39 is 0 Å². The highest BCUT2D eigenvalue weighted by atomic mass is 14.8. The van der Waals surface area contributed by atoms with Gasteiger partial charge in [0.15, 0.2) is 0 Å². The van der Waals surface area contributed by atoms with Crippen LogP contribution in [0.25, 0.3) is 22.8 Å². The second kappa shape index (κ2) is 12.7. The summed E-state index contributed by atoms with van der Waals surface area (Å²) in [6, 6.07) is 35.1. The van der Waals surface area contributed by atoms with Crippen LogP contribution in [-0.2, 0) is 0 Å². The molecule has 4 aromatic heterocycles. The molecule has 0 unspecified atom stereocenters. The second-order valence-electron chi connectivity index (χ2n) is 9.19. The molecule has 6 rings (SSSR count). The first-order valence-corrected chi connectivity index (χ1v) is 13.3. The summed E-state index contributed by atoms with van der Waals surface area (Å²) >= 11 is 0. The number of aromatic nitrogens is 4. The van der Waals surface area contributed by atoms with Gasteiger partial charge in [-0.3, -0.25) is 19.9 Å². The molecule has 0 aliphatic heterocycles. The Morgan fingerprint density at radius 3 is 0.952 bits per heavy atom. The van der Waals surface area contributed by atoms with Crippen molar-refractivity contribution in [3.05, 3.63) is 167 Å². The Morgan fingerprint density at radius 1 is 0.286 bits per heavy atom. The molecule has 0 aliphatic rings. The average molecular weight is 535 g/mol. The van der Waals surface area contributed by atoms with Crippen molar-refractivity contribution in [1.29, 1.82) is 0 Å². The first kappa shape index (κ1) is 26.0. The molecule has 0 aliphatic carbocycles. The number of rotatable bonds is 2. The SMILES string of the molecule is C(#Cc1ccc(C#Cc2ccnc(-c3ccccn3)c2)cc1)c1ccc(C#Cc2ccnc(-c3ccccn3)c2)cc1. The number of hydrogen-bond acceptors (Lipinski definition) is 4. The van der Waals surface area contributed by atoms with Gasteiger partial charge in [0.25, 0.3) is 0 Å². The first-order valence-electron chi connectivity index (χ1n) is 13.3. The van der Waals surface area contributed by atoms with Crippen molar-refractivity contribution in [2.75, 3.05) is 0 Å². The summed E-state index contributed by atoms with van der Waals surface area (Å²) in [7, 11) is 0. The number of pyridine rings is 4. The van der Waals surface area contributed by atoms with Gasteiger partial charge in [-0.15, -0.1) is 0 Å². The summed E-state index contributed by atoms with van der Waals surface area (Å²) in [4.78, 5) is 17.5. The summed E-state index contributed by atoms with van der Waals surface area (Å²) in [6.45, 7) is 0. The van der Waals surface area contributed by atoms with Crippen molar-refractivity contribution in [3.63, 3.8) is 0 Å². The van der Waals surface area contributed by atoms with Crippen molar-refractivity contribution in [2.45, 2.75) is 0 Å². The monoisotopic (exact) mass is 534 g/mol. The summed E-state index contributed by atoms with van der Waals surface area (Å²) < 4.78 is 0. The van der Waals surface area contributed by atoms with Crippen LogP contribution in [0, 0.1) is 35.5 Å². The quantitative estimate of drug-likeness (QED) is 0.229. The lowest BCUT2D eigenvalue weighted by molar-refractivity contribution is 1.24. The standard InChI is InChI=1S/C38H22N4/c1-3-23-39-35(5-1)37-27-33(21-25-41-37)19-17-31-13-9-29(10-14-31)7-8-30-11-15-32(16-12-30)18-20-34-22-26-42-38(28-34)36-6-2-4-24-40-36/h1-6,9-16,21-28H. The van der Waals surface area contributed by atoms with Crippen molar-refractivity contribution in [2.24, 2.45) is 0 Å². The largest absolute Gasteiger partial charge is 0.255 e. The highest BCUT2D eigenvalue weighted by molar-refractivity contribution is 5.58.